The summed E-state index contributed by atoms with van der Waals surface area (Å²) in [5.41, 5.74) is 5.02. The van der Waals surface area contributed by atoms with E-state index in [0.717, 1.165) is 18.2 Å². The van der Waals surface area contributed by atoms with Gasteiger partial charge < -0.3 is 10.5 Å². The van der Waals surface area contributed by atoms with E-state index in [2.05, 4.69) is 0 Å². The average Bonchev–Trinajstić information content (AvgIpc) is 2.21. The Hall–Kier alpha value is -1.49. The lowest BCUT2D eigenvalue weighted by molar-refractivity contribution is -0.156. The number of rotatable bonds is 3. The van der Waals surface area contributed by atoms with Crippen LogP contribution in [0, 0.1) is 11.6 Å². The zero-order valence-corrected chi connectivity index (χ0v) is 10.7. The van der Waals surface area contributed by atoms with Gasteiger partial charge in [0.1, 0.15) is 23.3 Å². The lowest BCUT2D eigenvalue weighted by Gasteiger charge is -2.22. The molecule has 0 aliphatic carbocycles. The molecule has 1 unspecified atom stereocenters. The molecule has 18 heavy (non-hydrogen) atoms. The van der Waals surface area contributed by atoms with Crippen LogP contribution in [0.1, 0.15) is 26.3 Å². The number of benzene rings is 1. The Bertz CT molecular complexity index is 441. The van der Waals surface area contributed by atoms with Crippen molar-refractivity contribution >= 4 is 5.97 Å². The van der Waals surface area contributed by atoms with Crippen LogP contribution in [-0.4, -0.2) is 17.6 Å². The smallest absolute Gasteiger partial charge is 0.323 e. The molecule has 0 aromatic heterocycles. The number of esters is 1. The molecule has 0 heterocycles. The van der Waals surface area contributed by atoms with Gasteiger partial charge in [-0.3, -0.25) is 4.79 Å². The van der Waals surface area contributed by atoms with Gasteiger partial charge in [-0.25, -0.2) is 8.78 Å². The Labute approximate surface area is 105 Å². The highest BCUT2D eigenvalue weighted by Gasteiger charge is 2.23. The molecule has 0 bridgehead atoms. The summed E-state index contributed by atoms with van der Waals surface area (Å²) in [6.45, 7) is 5.13. The Morgan fingerprint density at radius 3 is 2.56 bits per heavy atom. The van der Waals surface area contributed by atoms with E-state index in [1.54, 1.807) is 20.8 Å². The highest BCUT2D eigenvalue weighted by molar-refractivity contribution is 5.76. The van der Waals surface area contributed by atoms with Gasteiger partial charge >= 0.3 is 5.97 Å². The average molecular weight is 257 g/mol. The third-order valence-electron chi connectivity index (χ3n) is 2.16. The molecule has 0 spiro atoms. The quantitative estimate of drug-likeness (QED) is 0.844. The van der Waals surface area contributed by atoms with Gasteiger partial charge in [0.25, 0.3) is 0 Å². The first-order valence-electron chi connectivity index (χ1n) is 5.61. The maximum absolute atomic E-state index is 13.4. The molecule has 0 aliphatic heterocycles. The number of carbonyl (C=O) groups excluding carboxylic acids is 1. The normalized spacial score (nSPS) is 13.2. The number of ether oxygens (including phenoxy) is 1. The number of hydrogen-bond donors (Lipinski definition) is 1. The molecule has 100 valence electrons. The van der Waals surface area contributed by atoms with Crippen LogP contribution in [0.25, 0.3) is 0 Å². The first kappa shape index (κ1) is 14.6. The summed E-state index contributed by atoms with van der Waals surface area (Å²) in [5.74, 6) is -1.79. The van der Waals surface area contributed by atoms with Crippen LogP contribution < -0.4 is 5.73 Å². The van der Waals surface area contributed by atoms with E-state index in [-0.39, 0.29) is 12.0 Å². The first-order chi connectivity index (χ1) is 8.19. The summed E-state index contributed by atoms with van der Waals surface area (Å²) in [5, 5.41) is 0. The lowest BCUT2D eigenvalue weighted by atomic mass is 10.1. The molecule has 0 amide bonds. The third-order valence-corrected chi connectivity index (χ3v) is 2.16. The van der Waals surface area contributed by atoms with Crippen LogP contribution in [0.3, 0.4) is 0 Å². The maximum atomic E-state index is 13.4. The molecule has 5 heteroatoms. The third kappa shape index (κ3) is 4.41. The van der Waals surface area contributed by atoms with Crippen molar-refractivity contribution in [2.24, 2.45) is 5.73 Å². The van der Waals surface area contributed by atoms with Gasteiger partial charge in [-0.15, -0.1) is 0 Å². The van der Waals surface area contributed by atoms with E-state index in [9.17, 15) is 13.6 Å². The van der Waals surface area contributed by atoms with E-state index in [0.29, 0.717) is 0 Å². The Kier molecular flexibility index (Phi) is 4.40. The summed E-state index contributed by atoms with van der Waals surface area (Å²) in [6, 6.07) is 2.03. The van der Waals surface area contributed by atoms with Crippen LogP contribution in [-0.2, 0) is 16.0 Å². The Balaban J connectivity index is 2.72. The first-order valence-corrected chi connectivity index (χ1v) is 5.61. The SMILES string of the molecule is CC(C)(C)OC(=O)C(N)Cc1cc(F)ccc1F. The second kappa shape index (κ2) is 5.44. The van der Waals surface area contributed by atoms with Crippen molar-refractivity contribution < 1.29 is 18.3 Å². The fourth-order valence-electron chi connectivity index (χ4n) is 1.40. The standard InChI is InChI=1S/C13H17F2NO2/c1-13(2,3)18-12(17)11(16)7-8-6-9(14)4-5-10(8)15/h4-6,11H,7,16H2,1-3H3. The van der Waals surface area contributed by atoms with Gasteiger partial charge in [0.05, 0.1) is 0 Å². The molecule has 0 aliphatic rings. The van der Waals surface area contributed by atoms with Gasteiger partial charge in [-0.1, -0.05) is 0 Å². The van der Waals surface area contributed by atoms with E-state index in [1.165, 1.54) is 0 Å². The van der Waals surface area contributed by atoms with Gasteiger partial charge in [-0.2, -0.15) is 0 Å². The van der Waals surface area contributed by atoms with Crippen molar-refractivity contribution in [2.75, 3.05) is 0 Å². The summed E-state index contributed by atoms with van der Waals surface area (Å²) >= 11 is 0. The molecule has 2 N–H and O–H groups in total. The number of nitrogens with two attached hydrogens (primary N) is 1. The summed E-state index contributed by atoms with van der Waals surface area (Å²) in [7, 11) is 0. The lowest BCUT2D eigenvalue weighted by Crippen LogP contribution is -2.39. The second-order valence-electron chi connectivity index (χ2n) is 5.08. The number of halogens is 2. The Morgan fingerprint density at radius 1 is 1.39 bits per heavy atom. The van der Waals surface area contributed by atoms with Crippen LogP contribution in [0.5, 0.6) is 0 Å². The monoisotopic (exact) mass is 257 g/mol. The van der Waals surface area contributed by atoms with Gasteiger partial charge in [0.15, 0.2) is 0 Å². The van der Waals surface area contributed by atoms with E-state index >= 15 is 0 Å². The highest BCUT2D eigenvalue weighted by atomic mass is 19.1. The van der Waals surface area contributed by atoms with Crippen molar-refractivity contribution in [1.82, 2.24) is 0 Å². The minimum absolute atomic E-state index is 0.0633. The molecule has 0 saturated heterocycles. The molecular formula is C13H17F2NO2. The van der Waals surface area contributed by atoms with Crippen LogP contribution in [0.2, 0.25) is 0 Å². The molecule has 1 aromatic rings. The second-order valence-corrected chi connectivity index (χ2v) is 5.08. The molecule has 1 atom stereocenters. The largest absolute Gasteiger partial charge is 0.459 e. The molecule has 0 saturated carbocycles. The predicted octanol–water partition coefficient (Wildman–Crippen LogP) is 2.18. The predicted molar refractivity (Wildman–Crippen MR) is 63.9 cm³/mol. The van der Waals surface area contributed by atoms with E-state index in [1.807, 2.05) is 0 Å². The molecule has 1 aromatic carbocycles. The summed E-state index contributed by atoms with van der Waals surface area (Å²) < 4.78 is 31.4. The van der Waals surface area contributed by atoms with Crippen LogP contribution in [0.15, 0.2) is 18.2 Å². The van der Waals surface area contributed by atoms with E-state index in [4.69, 9.17) is 10.5 Å². The zero-order chi connectivity index (χ0) is 13.9. The van der Waals surface area contributed by atoms with Crippen LogP contribution >= 0.6 is 0 Å². The zero-order valence-electron chi connectivity index (χ0n) is 10.7. The number of carbonyl (C=O) groups is 1. The van der Waals surface area contributed by atoms with Crippen molar-refractivity contribution in [2.45, 2.75) is 38.8 Å². The minimum atomic E-state index is -1.01. The van der Waals surface area contributed by atoms with Gasteiger partial charge in [0, 0.05) is 6.42 Å². The number of hydrogen-bond acceptors (Lipinski definition) is 3. The molecule has 0 fully saturated rings. The van der Waals surface area contributed by atoms with Crippen molar-refractivity contribution in [3.63, 3.8) is 0 Å². The van der Waals surface area contributed by atoms with Gasteiger partial charge in [0.2, 0.25) is 0 Å². The Morgan fingerprint density at radius 2 is 2.00 bits per heavy atom. The van der Waals surface area contributed by atoms with E-state index < -0.39 is 29.2 Å². The summed E-state index contributed by atoms with van der Waals surface area (Å²) in [4.78, 5) is 11.6. The summed E-state index contributed by atoms with van der Waals surface area (Å²) in [6.07, 6.45) is -0.0987. The van der Waals surface area contributed by atoms with Crippen LogP contribution in [0.4, 0.5) is 8.78 Å². The fraction of sp³-hybridized carbons (Fsp3) is 0.462. The van der Waals surface area contributed by atoms with Crippen molar-refractivity contribution in [1.29, 1.82) is 0 Å². The minimum Gasteiger partial charge on any atom is -0.459 e. The molecule has 0 radical (unpaired) electrons. The molecule has 3 nitrogen and oxygen atoms in total. The van der Waals surface area contributed by atoms with Crippen molar-refractivity contribution in [3.05, 3.63) is 35.4 Å². The highest BCUT2D eigenvalue weighted by Crippen LogP contribution is 2.14. The topological polar surface area (TPSA) is 52.3 Å². The van der Waals surface area contributed by atoms with Gasteiger partial charge in [-0.05, 0) is 44.5 Å². The molecule has 1 rings (SSSR count). The fourth-order valence-corrected chi connectivity index (χ4v) is 1.40. The molecular weight excluding hydrogens is 240 g/mol. The van der Waals surface area contributed by atoms with Crippen molar-refractivity contribution in [3.8, 4) is 0 Å². The maximum Gasteiger partial charge on any atom is 0.323 e.